The number of carbonyl (C=O) groups is 2. The molecule has 1 rings (SSSR count). The molecule has 0 bridgehead atoms. The van der Waals surface area contributed by atoms with Crippen molar-refractivity contribution in [1.29, 1.82) is 0 Å². The second-order valence-electron chi connectivity index (χ2n) is 4.42. The molecule has 0 aromatic carbocycles. The Labute approximate surface area is 89.0 Å². The Balaban J connectivity index is 2.24. The first-order valence-corrected chi connectivity index (χ1v) is 5.23. The van der Waals surface area contributed by atoms with Crippen LogP contribution in [0.1, 0.15) is 32.6 Å². The van der Waals surface area contributed by atoms with E-state index >= 15 is 0 Å². The molecule has 0 aromatic rings. The van der Waals surface area contributed by atoms with Crippen LogP contribution >= 0.6 is 0 Å². The van der Waals surface area contributed by atoms with Gasteiger partial charge < -0.3 is 16.2 Å². The molecule has 1 fully saturated rings. The van der Waals surface area contributed by atoms with E-state index in [-0.39, 0.29) is 18.2 Å². The Morgan fingerprint density at radius 1 is 1.53 bits per heavy atom. The molecule has 4 N–H and O–H groups in total. The monoisotopic (exact) mass is 214 g/mol. The summed E-state index contributed by atoms with van der Waals surface area (Å²) >= 11 is 0. The number of rotatable bonds is 5. The average molecular weight is 214 g/mol. The van der Waals surface area contributed by atoms with Gasteiger partial charge in [0.2, 0.25) is 5.91 Å². The molecular formula is C10H18N2O3. The highest BCUT2D eigenvalue weighted by atomic mass is 16.4. The van der Waals surface area contributed by atoms with Crippen molar-refractivity contribution in [3.05, 3.63) is 0 Å². The third kappa shape index (κ3) is 3.20. The standard InChI is InChI=1S/C10H18N2O3/c1-7(5-8(13)14)6-12-9(15)10(11)3-2-4-10/h7H,2-6,11H2,1H3,(H,12,15)(H,13,14). The van der Waals surface area contributed by atoms with Crippen molar-refractivity contribution in [2.45, 2.75) is 38.1 Å². The molecule has 1 unspecified atom stereocenters. The lowest BCUT2D eigenvalue weighted by Gasteiger charge is -2.36. The number of hydrogen-bond donors (Lipinski definition) is 3. The van der Waals surface area contributed by atoms with Gasteiger partial charge in [0.15, 0.2) is 0 Å². The van der Waals surface area contributed by atoms with E-state index in [9.17, 15) is 9.59 Å². The Morgan fingerprint density at radius 2 is 2.13 bits per heavy atom. The Kier molecular flexibility index (Phi) is 3.68. The van der Waals surface area contributed by atoms with Gasteiger partial charge in [0, 0.05) is 13.0 Å². The van der Waals surface area contributed by atoms with Crippen LogP contribution in [0.25, 0.3) is 0 Å². The minimum absolute atomic E-state index is 0.0601. The zero-order chi connectivity index (χ0) is 11.5. The maximum absolute atomic E-state index is 11.6. The molecular weight excluding hydrogens is 196 g/mol. The summed E-state index contributed by atoms with van der Waals surface area (Å²) in [7, 11) is 0. The number of nitrogens with two attached hydrogens (primary N) is 1. The van der Waals surface area contributed by atoms with Crippen molar-refractivity contribution >= 4 is 11.9 Å². The molecule has 15 heavy (non-hydrogen) atoms. The summed E-state index contributed by atoms with van der Waals surface area (Å²) in [6, 6.07) is 0. The summed E-state index contributed by atoms with van der Waals surface area (Å²) in [6.45, 7) is 2.17. The molecule has 1 aliphatic rings. The van der Waals surface area contributed by atoms with Gasteiger partial charge in [-0.25, -0.2) is 0 Å². The first kappa shape index (κ1) is 12.0. The lowest BCUT2D eigenvalue weighted by atomic mass is 9.77. The van der Waals surface area contributed by atoms with Crippen LogP contribution in [-0.4, -0.2) is 29.1 Å². The number of nitrogens with one attached hydrogen (secondary N) is 1. The maximum atomic E-state index is 11.6. The summed E-state index contributed by atoms with van der Waals surface area (Å²) in [5.41, 5.74) is 5.11. The van der Waals surface area contributed by atoms with E-state index in [1.54, 1.807) is 6.92 Å². The zero-order valence-corrected chi connectivity index (χ0v) is 8.95. The van der Waals surface area contributed by atoms with Gasteiger partial charge >= 0.3 is 5.97 Å². The van der Waals surface area contributed by atoms with E-state index < -0.39 is 11.5 Å². The van der Waals surface area contributed by atoms with Gasteiger partial charge in [-0.3, -0.25) is 9.59 Å². The van der Waals surface area contributed by atoms with Crippen LogP contribution in [0.2, 0.25) is 0 Å². The third-order valence-corrected chi connectivity index (χ3v) is 2.83. The lowest BCUT2D eigenvalue weighted by molar-refractivity contribution is -0.138. The molecule has 0 radical (unpaired) electrons. The molecule has 1 aliphatic carbocycles. The number of aliphatic carboxylic acids is 1. The van der Waals surface area contributed by atoms with Gasteiger partial charge in [-0.1, -0.05) is 6.92 Å². The number of amides is 1. The van der Waals surface area contributed by atoms with Crippen LogP contribution < -0.4 is 11.1 Å². The van der Waals surface area contributed by atoms with Gasteiger partial charge in [0.1, 0.15) is 0 Å². The smallest absolute Gasteiger partial charge is 0.303 e. The molecule has 5 nitrogen and oxygen atoms in total. The molecule has 0 saturated heterocycles. The second-order valence-corrected chi connectivity index (χ2v) is 4.42. The van der Waals surface area contributed by atoms with Crippen LogP contribution in [0.4, 0.5) is 0 Å². The summed E-state index contributed by atoms with van der Waals surface area (Å²) in [4.78, 5) is 21.9. The van der Waals surface area contributed by atoms with Crippen molar-refractivity contribution in [3.8, 4) is 0 Å². The van der Waals surface area contributed by atoms with Crippen molar-refractivity contribution in [2.75, 3.05) is 6.54 Å². The minimum Gasteiger partial charge on any atom is -0.481 e. The SMILES string of the molecule is CC(CNC(=O)C1(N)CCC1)CC(=O)O. The topological polar surface area (TPSA) is 92.4 Å². The van der Waals surface area contributed by atoms with Gasteiger partial charge in [0.25, 0.3) is 0 Å². The highest BCUT2D eigenvalue weighted by molar-refractivity contribution is 5.87. The van der Waals surface area contributed by atoms with E-state index in [1.807, 2.05) is 0 Å². The molecule has 86 valence electrons. The van der Waals surface area contributed by atoms with Crippen LogP contribution in [0.3, 0.4) is 0 Å². The second kappa shape index (κ2) is 4.61. The quantitative estimate of drug-likeness (QED) is 0.605. The van der Waals surface area contributed by atoms with E-state index in [1.165, 1.54) is 0 Å². The van der Waals surface area contributed by atoms with E-state index in [0.29, 0.717) is 6.54 Å². The predicted molar refractivity (Wildman–Crippen MR) is 55.2 cm³/mol. The van der Waals surface area contributed by atoms with E-state index in [4.69, 9.17) is 10.8 Å². The van der Waals surface area contributed by atoms with Crippen LogP contribution in [0, 0.1) is 5.92 Å². The predicted octanol–water partition coefficient (Wildman–Crippen LogP) is 0.0948. The van der Waals surface area contributed by atoms with Gasteiger partial charge in [-0.2, -0.15) is 0 Å². The van der Waals surface area contributed by atoms with Crippen molar-refractivity contribution in [2.24, 2.45) is 11.7 Å². The molecule has 0 aromatic heterocycles. The van der Waals surface area contributed by atoms with Gasteiger partial charge in [-0.15, -0.1) is 0 Å². The van der Waals surface area contributed by atoms with Crippen LogP contribution in [-0.2, 0) is 9.59 Å². The highest BCUT2D eigenvalue weighted by Gasteiger charge is 2.39. The van der Waals surface area contributed by atoms with Gasteiger partial charge in [0.05, 0.1) is 5.54 Å². The van der Waals surface area contributed by atoms with Crippen molar-refractivity contribution in [1.82, 2.24) is 5.32 Å². The van der Waals surface area contributed by atoms with Crippen molar-refractivity contribution < 1.29 is 14.7 Å². The number of carbonyl (C=O) groups excluding carboxylic acids is 1. The molecule has 1 atom stereocenters. The number of carboxylic acid groups (broad SMARTS) is 1. The molecule has 0 spiro atoms. The van der Waals surface area contributed by atoms with Crippen molar-refractivity contribution in [3.63, 3.8) is 0 Å². The Hall–Kier alpha value is -1.10. The fourth-order valence-corrected chi connectivity index (χ4v) is 1.60. The first-order valence-electron chi connectivity index (χ1n) is 5.23. The molecule has 1 saturated carbocycles. The molecule has 0 aliphatic heterocycles. The summed E-state index contributed by atoms with van der Waals surface area (Å²) in [6.07, 6.45) is 2.52. The van der Waals surface area contributed by atoms with Gasteiger partial charge in [-0.05, 0) is 25.2 Å². The first-order chi connectivity index (χ1) is 6.94. The molecule has 1 amide bonds. The Bertz CT molecular complexity index is 261. The minimum atomic E-state index is -0.845. The highest BCUT2D eigenvalue weighted by Crippen LogP contribution is 2.28. The van der Waals surface area contributed by atoms with E-state index in [0.717, 1.165) is 19.3 Å². The lowest BCUT2D eigenvalue weighted by Crippen LogP contribution is -2.58. The number of carboxylic acids is 1. The summed E-state index contributed by atoms with van der Waals surface area (Å²) in [5, 5.41) is 11.2. The maximum Gasteiger partial charge on any atom is 0.303 e. The average Bonchev–Trinajstić information content (AvgIpc) is 2.09. The third-order valence-electron chi connectivity index (χ3n) is 2.83. The zero-order valence-electron chi connectivity index (χ0n) is 8.95. The Morgan fingerprint density at radius 3 is 2.53 bits per heavy atom. The normalized spacial score (nSPS) is 20.1. The van der Waals surface area contributed by atoms with Crippen LogP contribution in [0.5, 0.6) is 0 Å². The fourth-order valence-electron chi connectivity index (χ4n) is 1.60. The van der Waals surface area contributed by atoms with E-state index in [2.05, 4.69) is 5.32 Å². The van der Waals surface area contributed by atoms with Crippen LogP contribution in [0.15, 0.2) is 0 Å². The summed E-state index contributed by atoms with van der Waals surface area (Å²) in [5.74, 6) is -1.05. The largest absolute Gasteiger partial charge is 0.481 e. The molecule has 5 heteroatoms. The molecule has 0 heterocycles. The number of hydrogen-bond acceptors (Lipinski definition) is 3. The summed E-state index contributed by atoms with van der Waals surface area (Å²) < 4.78 is 0. The fraction of sp³-hybridized carbons (Fsp3) is 0.800.